The van der Waals surface area contributed by atoms with Crippen molar-refractivity contribution in [3.8, 4) is 5.75 Å². The molecular formula is C24H31N3O4. The van der Waals surface area contributed by atoms with E-state index in [1.807, 2.05) is 30.3 Å². The minimum Gasteiger partial charge on any atom is -0.489 e. The van der Waals surface area contributed by atoms with Crippen LogP contribution < -0.4 is 20.7 Å². The smallest absolute Gasteiger partial charge is 0.251 e. The van der Waals surface area contributed by atoms with Gasteiger partial charge in [-0.1, -0.05) is 31.5 Å². The Labute approximate surface area is 183 Å². The highest BCUT2D eigenvalue weighted by molar-refractivity contribution is 5.96. The predicted molar refractivity (Wildman–Crippen MR) is 122 cm³/mol. The van der Waals surface area contributed by atoms with E-state index in [0.717, 1.165) is 32.3 Å². The number of rotatable bonds is 11. The van der Waals surface area contributed by atoms with Crippen molar-refractivity contribution in [2.45, 2.75) is 38.7 Å². The number of unbranched alkanes of at least 4 members (excludes halogenated alkanes) is 1. The van der Waals surface area contributed by atoms with E-state index in [1.54, 1.807) is 18.2 Å². The third-order valence-corrected chi connectivity index (χ3v) is 5.00. The average molecular weight is 426 g/mol. The molecule has 3 rings (SSSR count). The van der Waals surface area contributed by atoms with Gasteiger partial charge in [0, 0.05) is 24.4 Å². The molecule has 1 aliphatic heterocycles. The van der Waals surface area contributed by atoms with Crippen molar-refractivity contribution in [2.75, 3.05) is 36.9 Å². The lowest BCUT2D eigenvalue weighted by atomic mass is 10.2. The molecule has 7 nitrogen and oxygen atoms in total. The minimum atomic E-state index is -0.203. The molecule has 0 saturated carbocycles. The van der Waals surface area contributed by atoms with Crippen LogP contribution in [0.2, 0.25) is 0 Å². The van der Waals surface area contributed by atoms with E-state index >= 15 is 0 Å². The lowest BCUT2D eigenvalue weighted by Gasteiger charge is -2.15. The summed E-state index contributed by atoms with van der Waals surface area (Å²) in [5.74, 6) is 0.307. The van der Waals surface area contributed by atoms with Crippen LogP contribution in [0.5, 0.6) is 5.75 Å². The molecule has 0 radical (unpaired) electrons. The second-order valence-corrected chi connectivity index (χ2v) is 7.53. The highest BCUT2D eigenvalue weighted by Gasteiger charge is 2.17. The summed E-state index contributed by atoms with van der Waals surface area (Å²) in [6, 6.07) is 14.5. The molecule has 2 aromatic carbocycles. The molecule has 166 valence electrons. The number of carbonyl (C=O) groups excluding carboxylic acids is 2. The van der Waals surface area contributed by atoms with E-state index < -0.39 is 0 Å². The van der Waals surface area contributed by atoms with Gasteiger partial charge in [-0.25, -0.2) is 0 Å². The molecular weight excluding hydrogens is 394 g/mol. The summed E-state index contributed by atoms with van der Waals surface area (Å²) in [7, 11) is 0. The molecule has 1 atom stereocenters. The molecule has 0 bridgehead atoms. The van der Waals surface area contributed by atoms with Gasteiger partial charge in [0.05, 0.1) is 18.3 Å². The monoisotopic (exact) mass is 425 g/mol. The van der Waals surface area contributed by atoms with E-state index in [2.05, 4.69) is 22.9 Å². The molecule has 3 N–H and O–H groups in total. The van der Waals surface area contributed by atoms with Crippen LogP contribution in [0.1, 0.15) is 43.0 Å². The van der Waals surface area contributed by atoms with Crippen LogP contribution in [-0.2, 0) is 9.53 Å². The summed E-state index contributed by atoms with van der Waals surface area (Å²) in [4.78, 5) is 24.7. The molecule has 0 aromatic heterocycles. The Kier molecular flexibility index (Phi) is 8.72. The van der Waals surface area contributed by atoms with Crippen molar-refractivity contribution in [3.05, 3.63) is 54.1 Å². The summed E-state index contributed by atoms with van der Waals surface area (Å²) >= 11 is 0. The van der Waals surface area contributed by atoms with Crippen LogP contribution in [0, 0.1) is 0 Å². The maximum absolute atomic E-state index is 12.5. The van der Waals surface area contributed by atoms with Gasteiger partial charge in [0.2, 0.25) is 5.91 Å². The number of hydrogen-bond acceptors (Lipinski definition) is 5. The van der Waals surface area contributed by atoms with Gasteiger partial charge in [0.25, 0.3) is 5.91 Å². The first kappa shape index (κ1) is 22.6. The van der Waals surface area contributed by atoms with Gasteiger partial charge in [0.1, 0.15) is 12.4 Å². The van der Waals surface area contributed by atoms with E-state index in [4.69, 9.17) is 9.47 Å². The highest BCUT2D eigenvalue weighted by Crippen LogP contribution is 2.25. The van der Waals surface area contributed by atoms with Crippen LogP contribution in [0.4, 0.5) is 11.4 Å². The van der Waals surface area contributed by atoms with Gasteiger partial charge in [-0.15, -0.1) is 0 Å². The van der Waals surface area contributed by atoms with E-state index in [-0.39, 0.29) is 24.5 Å². The zero-order valence-electron chi connectivity index (χ0n) is 18.0. The molecule has 2 amide bonds. The van der Waals surface area contributed by atoms with Crippen molar-refractivity contribution in [3.63, 3.8) is 0 Å². The Bertz CT molecular complexity index is 865. The number of para-hydroxylation sites is 2. The number of benzene rings is 2. The van der Waals surface area contributed by atoms with Crippen LogP contribution in [0.15, 0.2) is 48.5 Å². The largest absolute Gasteiger partial charge is 0.489 e. The maximum Gasteiger partial charge on any atom is 0.251 e. The number of nitrogens with one attached hydrogen (secondary N) is 3. The van der Waals surface area contributed by atoms with Crippen LogP contribution in [0.25, 0.3) is 0 Å². The lowest BCUT2D eigenvalue weighted by Crippen LogP contribution is -2.25. The molecule has 2 aromatic rings. The summed E-state index contributed by atoms with van der Waals surface area (Å²) < 4.78 is 11.4. The first-order chi connectivity index (χ1) is 15.2. The third-order valence-electron chi connectivity index (χ3n) is 5.00. The Hall–Kier alpha value is -3.06. The van der Waals surface area contributed by atoms with Gasteiger partial charge in [-0.3, -0.25) is 9.59 Å². The standard InChI is InChI=1S/C24H31N3O4/c1-2-3-13-25-24(29)18-8-6-9-19(15-18)26-16-23(28)27-21-11-4-5-12-22(21)31-17-20-10-7-14-30-20/h4-6,8-9,11-12,15,20,26H,2-3,7,10,13-14,16-17H2,1H3,(H,25,29)(H,27,28). The lowest BCUT2D eigenvalue weighted by molar-refractivity contribution is -0.114. The first-order valence-electron chi connectivity index (χ1n) is 10.9. The fourth-order valence-electron chi connectivity index (χ4n) is 3.28. The van der Waals surface area contributed by atoms with Crippen molar-refractivity contribution in [1.82, 2.24) is 5.32 Å². The average Bonchev–Trinajstić information content (AvgIpc) is 3.31. The van der Waals surface area contributed by atoms with Gasteiger partial charge in [0.15, 0.2) is 0 Å². The summed E-state index contributed by atoms with van der Waals surface area (Å²) in [6.45, 7) is 4.05. The van der Waals surface area contributed by atoms with Crippen molar-refractivity contribution < 1.29 is 19.1 Å². The molecule has 1 fully saturated rings. The highest BCUT2D eigenvalue weighted by atomic mass is 16.5. The first-order valence-corrected chi connectivity index (χ1v) is 10.9. The molecule has 7 heteroatoms. The van der Waals surface area contributed by atoms with Gasteiger partial charge < -0.3 is 25.4 Å². The summed E-state index contributed by atoms with van der Waals surface area (Å²) in [5.41, 5.74) is 1.90. The second kappa shape index (κ2) is 12.0. The Morgan fingerprint density at radius 3 is 2.84 bits per heavy atom. The molecule has 1 heterocycles. The number of hydrogen-bond donors (Lipinski definition) is 3. The molecule has 1 unspecified atom stereocenters. The maximum atomic E-state index is 12.5. The Balaban J connectivity index is 1.50. The zero-order chi connectivity index (χ0) is 21.9. The van der Waals surface area contributed by atoms with Gasteiger partial charge in [-0.2, -0.15) is 0 Å². The van der Waals surface area contributed by atoms with Crippen molar-refractivity contribution in [2.24, 2.45) is 0 Å². The third kappa shape index (κ3) is 7.29. The molecule has 1 saturated heterocycles. The number of amides is 2. The number of ether oxygens (including phenoxy) is 2. The zero-order valence-corrected chi connectivity index (χ0v) is 18.0. The molecule has 0 aliphatic carbocycles. The molecule has 31 heavy (non-hydrogen) atoms. The summed E-state index contributed by atoms with van der Waals surface area (Å²) in [6.07, 6.45) is 4.13. The summed E-state index contributed by atoms with van der Waals surface area (Å²) in [5, 5.41) is 8.85. The Morgan fingerprint density at radius 2 is 2.03 bits per heavy atom. The van der Waals surface area contributed by atoms with Crippen molar-refractivity contribution in [1.29, 1.82) is 0 Å². The van der Waals surface area contributed by atoms with Crippen molar-refractivity contribution >= 4 is 23.2 Å². The fourth-order valence-corrected chi connectivity index (χ4v) is 3.28. The van der Waals surface area contributed by atoms with E-state index in [0.29, 0.717) is 35.8 Å². The van der Waals surface area contributed by atoms with Gasteiger partial charge in [-0.05, 0) is 49.6 Å². The quantitative estimate of drug-likeness (QED) is 0.476. The second-order valence-electron chi connectivity index (χ2n) is 7.53. The van der Waals surface area contributed by atoms with Crippen LogP contribution in [-0.4, -0.2) is 44.2 Å². The van der Waals surface area contributed by atoms with E-state index in [1.165, 1.54) is 0 Å². The molecule has 1 aliphatic rings. The number of carbonyl (C=O) groups is 2. The van der Waals surface area contributed by atoms with Crippen LogP contribution >= 0.6 is 0 Å². The Morgan fingerprint density at radius 1 is 1.16 bits per heavy atom. The number of anilines is 2. The fraction of sp³-hybridized carbons (Fsp3) is 0.417. The van der Waals surface area contributed by atoms with Crippen LogP contribution in [0.3, 0.4) is 0 Å². The molecule has 0 spiro atoms. The normalized spacial score (nSPS) is 15.3. The van der Waals surface area contributed by atoms with Gasteiger partial charge >= 0.3 is 0 Å². The topological polar surface area (TPSA) is 88.7 Å². The van der Waals surface area contributed by atoms with E-state index in [9.17, 15) is 9.59 Å². The predicted octanol–water partition coefficient (Wildman–Crippen LogP) is 3.82. The SMILES string of the molecule is CCCCNC(=O)c1cccc(NCC(=O)Nc2ccccc2OCC2CCCO2)c1. The minimum absolute atomic E-state index is 0.0704.